The molecule has 0 saturated heterocycles. The Morgan fingerprint density at radius 3 is 2.33 bits per heavy atom. The van der Waals surface area contributed by atoms with E-state index < -0.39 is 53.3 Å². The monoisotopic (exact) mass is 760 g/mol. The Bertz CT molecular complexity index is 2030. The van der Waals surface area contributed by atoms with E-state index in [1.165, 1.54) is 19.1 Å². The number of thioether (sulfide) groups is 1. The number of rotatable bonds is 12. The molecule has 0 spiro atoms. The second-order valence-corrected chi connectivity index (χ2v) is 14.4. The summed E-state index contributed by atoms with van der Waals surface area (Å²) in [5.74, 6) is -1.15. The van der Waals surface area contributed by atoms with Crippen molar-refractivity contribution in [3.63, 3.8) is 0 Å². The van der Waals surface area contributed by atoms with Gasteiger partial charge in [-0.15, -0.1) is 10.2 Å². The minimum Gasteiger partial charge on any atom is -0.506 e. The number of anilines is 2. The van der Waals surface area contributed by atoms with E-state index in [9.17, 15) is 38.5 Å². The van der Waals surface area contributed by atoms with Crippen molar-refractivity contribution < 1.29 is 52.7 Å². The molecule has 0 aliphatic heterocycles. The molecule has 3 aromatic carbocycles. The summed E-state index contributed by atoms with van der Waals surface area (Å²) in [6.45, 7) is 6.54. The summed E-state index contributed by atoms with van der Waals surface area (Å²) in [6.07, 6.45) is -3.07. The molecule has 0 aliphatic rings. The van der Waals surface area contributed by atoms with Gasteiger partial charge in [-0.2, -0.15) is 8.78 Å². The number of methoxy groups -OCH3 is 1. The molecule has 2 amide bonds. The molecule has 1 aromatic heterocycles. The van der Waals surface area contributed by atoms with Crippen LogP contribution < -0.4 is 20.1 Å². The molecule has 51 heavy (non-hydrogen) atoms. The predicted octanol–water partition coefficient (Wildman–Crippen LogP) is 6.40. The third-order valence-corrected chi connectivity index (χ3v) is 9.95. The zero-order valence-electron chi connectivity index (χ0n) is 27.5. The first kappa shape index (κ1) is 38.6. The van der Waals surface area contributed by atoms with Gasteiger partial charge in [0.05, 0.1) is 23.4 Å². The Morgan fingerprint density at radius 1 is 0.922 bits per heavy atom. The van der Waals surface area contributed by atoms with Crippen LogP contribution in [0.1, 0.15) is 23.6 Å². The van der Waals surface area contributed by atoms with Gasteiger partial charge >= 0.3 is 11.9 Å². The summed E-state index contributed by atoms with van der Waals surface area (Å²) >= 11 is 3.29. The number of aromatic hydroxyl groups is 3. The van der Waals surface area contributed by atoms with Crippen LogP contribution in [0.4, 0.5) is 20.2 Å². The minimum absolute atomic E-state index is 0.145. The van der Waals surface area contributed by atoms with E-state index in [0.717, 1.165) is 58.1 Å². The van der Waals surface area contributed by atoms with Crippen LogP contribution in [0.25, 0.3) is 0 Å². The fourth-order valence-electron chi connectivity index (χ4n) is 4.22. The number of nitrogens with zero attached hydrogens (tertiary/aromatic N) is 2. The molecule has 1 heterocycles. The molecule has 268 valence electrons. The molecule has 5 N–H and O–H groups in total. The van der Waals surface area contributed by atoms with Crippen LogP contribution in [-0.4, -0.2) is 68.7 Å². The predicted molar refractivity (Wildman–Crippen MR) is 187 cm³/mol. The van der Waals surface area contributed by atoms with Crippen LogP contribution in [0, 0.1) is 32.6 Å². The first-order valence-electron chi connectivity index (χ1n) is 14.6. The highest BCUT2D eigenvalue weighted by atomic mass is 32.2. The summed E-state index contributed by atoms with van der Waals surface area (Å²) in [4.78, 5) is 37.0. The van der Waals surface area contributed by atoms with Gasteiger partial charge in [-0.1, -0.05) is 52.6 Å². The Hall–Kier alpha value is -5.25. The lowest BCUT2D eigenvalue weighted by Crippen LogP contribution is -2.21. The number of phenols is 3. The second kappa shape index (κ2) is 17.1. The molecule has 0 fully saturated rings. The zero-order valence-corrected chi connectivity index (χ0v) is 29.9. The molecule has 0 aliphatic carbocycles. The van der Waals surface area contributed by atoms with Crippen molar-refractivity contribution in [2.75, 3.05) is 24.4 Å². The molecular formula is C33H30F2N4O9S3. The third kappa shape index (κ3) is 10.4. The van der Waals surface area contributed by atoms with Crippen LogP contribution in [-0.2, 0) is 19.1 Å². The number of carbonyl (C=O) groups is 3. The average Bonchev–Trinajstić information content (AvgIpc) is 3.52. The highest BCUT2D eigenvalue weighted by Crippen LogP contribution is 2.50. The summed E-state index contributed by atoms with van der Waals surface area (Å²) in [6, 6.07) is 8.85. The molecule has 18 heteroatoms. The highest BCUT2D eigenvalue weighted by Gasteiger charge is 2.23. The number of carbonyl (C=O) groups excluding carboxylic acids is 3. The summed E-state index contributed by atoms with van der Waals surface area (Å²) in [7, 11) is 1.28. The van der Waals surface area contributed by atoms with Crippen molar-refractivity contribution in [2.45, 2.75) is 52.9 Å². The number of phenolic OH excluding ortho intramolecular Hbond substituents is 3. The van der Waals surface area contributed by atoms with Crippen LogP contribution in [0.2, 0.25) is 0 Å². The van der Waals surface area contributed by atoms with E-state index in [-0.39, 0.29) is 27.8 Å². The zero-order chi connectivity index (χ0) is 37.4. The summed E-state index contributed by atoms with van der Waals surface area (Å²) in [5, 5.41) is 44.9. The normalized spacial score (nSPS) is 11.3. The maximum Gasteiger partial charge on any atom is 0.318 e. The van der Waals surface area contributed by atoms with E-state index in [0.29, 0.717) is 20.0 Å². The Balaban J connectivity index is 1.62. The van der Waals surface area contributed by atoms with Crippen molar-refractivity contribution in [1.82, 2.24) is 10.2 Å². The van der Waals surface area contributed by atoms with Gasteiger partial charge < -0.3 is 40.2 Å². The molecule has 1 atom stereocenters. The van der Waals surface area contributed by atoms with E-state index in [2.05, 4.69) is 20.8 Å². The SMILES string of the molecule is COC(=O)C(C)Sc1nnc(Sc2c(C)cc(Oc3cc(NC(=O)C#CC(F)F)c(O)cc3NC(=O)COc3ccc(C)cc3C)c(O)c2O)s1. The largest absolute Gasteiger partial charge is 0.506 e. The lowest BCUT2D eigenvalue weighted by Gasteiger charge is -2.18. The highest BCUT2D eigenvalue weighted by molar-refractivity contribution is 8.04. The fourth-order valence-corrected chi connectivity index (χ4v) is 7.46. The van der Waals surface area contributed by atoms with Crippen LogP contribution in [0.5, 0.6) is 34.5 Å². The fraction of sp³-hybridized carbons (Fsp3) is 0.242. The van der Waals surface area contributed by atoms with Gasteiger partial charge in [0, 0.05) is 18.1 Å². The van der Waals surface area contributed by atoms with Gasteiger partial charge in [0.25, 0.3) is 12.3 Å². The molecular weight excluding hydrogens is 731 g/mol. The van der Waals surface area contributed by atoms with Crippen molar-refractivity contribution in [3.05, 3.63) is 53.1 Å². The average molecular weight is 761 g/mol. The number of aryl methyl sites for hydroxylation is 3. The van der Waals surface area contributed by atoms with Crippen molar-refractivity contribution >= 4 is 64.0 Å². The lowest BCUT2D eigenvalue weighted by atomic mass is 10.1. The first-order valence-corrected chi connectivity index (χ1v) is 17.1. The molecule has 4 rings (SSSR count). The number of ether oxygens (including phenoxy) is 3. The van der Waals surface area contributed by atoms with Crippen molar-refractivity contribution in [2.24, 2.45) is 0 Å². The van der Waals surface area contributed by atoms with Gasteiger partial charge in [0.2, 0.25) is 5.75 Å². The quantitative estimate of drug-likeness (QED) is 0.0462. The number of hydrogen-bond donors (Lipinski definition) is 5. The Morgan fingerprint density at radius 2 is 1.65 bits per heavy atom. The number of nitrogens with one attached hydrogen (secondary N) is 2. The number of amides is 2. The molecule has 0 saturated carbocycles. The smallest absolute Gasteiger partial charge is 0.318 e. The van der Waals surface area contributed by atoms with Crippen LogP contribution in [0.15, 0.2) is 50.0 Å². The number of alkyl halides is 2. The van der Waals surface area contributed by atoms with Crippen LogP contribution >= 0.6 is 34.9 Å². The van der Waals surface area contributed by atoms with E-state index in [4.69, 9.17) is 14.2 Å². The third-order valence-electron chi connectivity index (χ3n) is 6.59. The Kier molecular flexibility index (Phi) is 12.9. The van der Waals surface area contributed by atoms with Gasteiger partial charge in [-0.25, -0.2) is 0 Å². The van der Waals surface area contributed by atoms with E-state index >= 15 is 0 Å². The van der Waals surface area contributed by atoms with Crippen molar-refractivity contribution in [1.29, 1.82) is 0 Å². The van der Waals surface area contributed by atoms with E-state index in [1.54, 1.807) is 25.8 Å². The maximum absolute atomic E-state index is 12.9. The Labute approximate surface area is 302 Å². The standard InChI is InChI=1S/C33H30F2N4O9S3/c1-15-6-7-22(16(2)10-15)47-14-27(42)37-20-12-21(40)19(36-26(41)9-8-25(34)35)13-23(20)48-24-11-17(3)30(29(44)28(24)43)50-33-39-38-32(51-33)49-18(4)31(45)46-5/h6-7,10-13,18,25,40,43-44H,14H2,1-5H3,(H,36,41)(H,37,42). The number of esters is 1. The number of halogens is 2. The summed E-state index contributed by atoms with van der Waals surface area (Å²) in [5.41, 5.74) is 1.74. The van der Waals surface area contributed by atoms with Gasteiger partial charge in [-0.3, -0.25) is 14.4 Å². The van der Waals surface area contributed by atoms with Gasteiger partial charge in [0.1, 0.15) is 16.7 Å². The van der Waals surface area contributed by atoms with Gasteiger partial charge in [0.15, 0.2) is 32.5 Å². The minimum atomic E-state index is -3.07. The topological polar surface area (TPSA) is 189 Å². The number of benzene rings is 3. The molecule has 4 aromatic rings. The number of aromatic nitrogens is 2. The molecule has 13 nitrogen and oxygen atoms in total. The summed E-state index contributed by atoms with van der Waals surface area (Å²) < 4.78 is 42.1. The second-order valence-electron chi connectivity index (χ2n) is 10.5. The van der Waals surface area contributed by atoms with Gasteiger partial charge in [-0.05, 0) is 56.9 Å². The van der Waals surface area contributed by atoms with E-state index in [1.807, 2.05) is 26.0 Å². The first-order chi connectivity index (χ1) is 24.1. The lowest BCUT2D eigenvalue weighted by molar-refractivity contribution is -0.139. The van der Waals surface area contributed by atoms with Crippen LogP contribution in [0.3, 0.4) is 0 Å². The molecule has 0 bridgehead atoms. The number of hydrogen-bond acceptors (Lipinski definition) is 14. The van der Waals surface area contributed by atoms with Crippen molar-refractivity contribution in [3.8, 4) is 46.3 Å². The molecule has 1 unspecified atom stereocenters. The maximum atomic E-state index is 12.9. The molecule has 0 radical (unpaired) electrons.